The van der Waals surface area contributed by atoms with Crippen LogP contribution < -0.4 is 0 Å². The molecule has 0 N–H and O–H groups in total. The first-order chi connectivity index (χ1) is 23.4. The molecular weight excluding hydrogens is 608 g/mol. The summed E-state index contributed by atoms with van der Waals surface area (Å²) in [6.45, 7) is 0.675. The third kappa shape index (κ3) is 11.5. The van der Waals surface area contributed by atoms with E-state index in [1.54, 1.807) is 0 Å². The molecule has 7 aliphatic rings. The van der Waals surface area contributed by atoms with Gasteiger partial charge in [-0.05, 0) is 70.2 Å². The minimum atomic E-state index is -0.282. The van der Waals surface area contributed by atoms with E-state index < -0.39 is 0 Å². The minimum absolute atomic E-state index is 0.169. The molecule has 0 aromatic heterocycles. The normalized spacial score (nSPS) is 16.2. The highest BCUT2D eigenvalue weighted by Crippen LogP contribution is 2.15. The fourth-order valence-corrected chi connectivity index (χ4v) is 5.14. The van der Waals surface area contributed by atoms with Crippen molar-refractivity contribution in [2.75, 3.05) is 0 Å². The lowest BCUT2D eigenvalue weighted by molar-refractivity contribution is -0.145. The Morgan fingerprint density at radius 2 is 0.417 bits per heavy atom. The van der Waals surface area contributed by atoms with Crippen LogP contribution in [-0.4, -0.2) is 23.9 Å². The van der Waals surface area contributed by atoms with Gasteiger partial charge < -0.3 is 18.9 Å². The quantitative estimate of drug-likeness (QED) is 0.153. The van der Waals surface area contributed by atoms with Crippen LogP contribution in [0.25, 0.3) is 0 Å². The molecule has 0 aliphatic carbocycles. The number of carbonyl (C=O) groups is 4. The molecule has 8 heteroatoms. The van der Waals surface area contributed by atoms with Crippen LogP contribution in [0.2, 0.25) is 0 Å². The van der Waals surface area contributed by atoms with Crippen molar-refractivity contribution in [1.82, 2.24) is 0 Å². The van der Waals surface area contributed by atoms with Crippen LogP contribution in [0.1, 0.15) is 70.2 Å². The number of aryl methyl sites for hydroxylation is 4. The van der Waals surface area contributed by atoms with Crippen LogP contribution in [-0.2, 0) is 90.2 Å². The van der Waals surface area contributed by atoms with Crippen molar-refractivity contribution in [1.29, 1.82) is 0 Å². The summed E-state index contributed by atoms with van der Waals surface area (Å²) in [4.78, 5) is 49.4. The van der Waals surface area contributed by atoms with Crippen LogP contribution in [0.3, 0.4) is 0 Å². The lowest BCUT2D eigenvalue weighted by Crippen LogP contribution is -2.08. The Balaban J connectivity index is 1.16. The van der Waals surface area contributed by atoms with Gasteiger partial charge in [-0.15, -0.1) is 0 Å². The van der Waals surface area contributed by atoms with Gasteiger partial charge in [0, 0.05) is 25.7 Å². The van der Waals surface area contributed by atoms with E-state index in [0.717, 1.165) is 44.5 Å². The van der Waals surface area contributed by atoms with Gasteiger partial charge in [0.1, 0.15) is 26.4 Å². The number of hydrogen-bond acceptors (Lipinski definition) is 8. The molecule has 0 spiro atoms. The first kappa shape index (κ1) is 34.1. The van der Waals surface area contributed by atoms with E-state index in [2.05, 4.69) is 0 Å². The number of carbonyl (C=O) groups excluding carboxylic acids is 4. The van der Waals surface area contributed by atoms with Gasteiger partial charge in [-0.25, -0.2) is 0 Å². The van der Waals surface area contributed by atoms with E-state index in [-0.39, 0.29) is 76.0 Å². The van der Waals surface area contributed by atoms with Gasteiger partial charge in [0.2, 0.25) is 0 Å². The zero-order valence-electron chi connectivity index (χ0n) is 27.0. The predicted molar refractivity (Wildman–Crippen MR) is 178 cm³/mol. The molecule has 0 radical (unpaired) electrons. The number of hydrogen-bond donors (Lipinski definition) is 0. The topological polar surface area (TPSA) is 105 Å². The molecule has 11 rings (SSSR count). The van der Waals surface area contributed by atoms with E-state index in [1.165, 1.54) is 0 Å². The van der Waals surface area contributed by atoms with E-state index in [1.807, 2.05) is 97.1 Å². The molecule has 248 valence electrons. The zero-order chi connectivity index (χ0) is 33.6. The molecule has 0 atom stereocenters. The summed E-state index contributed by atoms with van der Waals surface area (Å²) >= 11 is 0. The lowest BCUT2D eigenvalue weighted by Gasteiger charge is -2.09. The van der Waals surface area contributed by atoms with Crippen LogP contribution in [0.15, 0.2) is 97.1 Å². The zero-order valence-corrected chi connectivity index (χ0v) is 27.0. The number of rotatable bonds is 0. The number of ether oxygens (including phenoxy) is 4. The van der Waals surface area contributed by atoms with E-state index in [0.29, 0.717) is 25.7 Å². The Labute approximate surface area is 281 Å². The fraction of sp³-hybridized carbons (Fsp3) is 0.300. The summed E-state index contributed by atoms with van der Waals surface area (Å²) in [6, 6.07) is 30.6. The SMILES string of the molecule is O=C1CCc2ccc(cc2)CCC(=O)OCc2ccc(cc2)COC(=O)CCc2ccc(cc2)CCC(=O)OCc2ccc(cc2)CO1. The summed E-state index contributed by atoms with van der Waals surface area (Å²) in [5.74, 6) is -1.13. The molecule has 48 heavy (non-hydrogen) atoms. The number of esters is 4. The second-order valence-corrected chi connectivity index (χ2v) is 11.9. The van der Waals surface area contributed by atoms with Gasteiger partial charge in [-0.2, -0.15) is 0 Å². The Morgan fingerprint density at radius 3 is 0.604 bits per heavy atom. The Kier molecular flexibility index (Phi) is 12.5. The first-order valence-electron chi connectivity index (χ1n) is 16.3. The predicted octanol–water partition coefficient (Wildman–Crippen LogP) is 6.70. The van der Waals surface area contributed by atoms with E-state index in [4.69, 9.17) is 18.9 Å². The molecule has 0 fully saturated rings. The molecule has 0 saturated carbocycles. The standard InChI is InChI=1S/C40H40O8/c41-37-21-17-29-1-2-30(4-3-29)18-22-38(42)46-26-34-13-15-36(16-14-34)28-48-40(44)24-20-32-7-5-31(6-8-32)19-23-39(43)47-27-35-11-9-33(10-12-35)25-45-37/h1-16H,17-28H2. The van der Waals surface area contributed by atoms with Gasteiger partial charge >= 0.3 is 23.9 Å². The molecule has 7 heterocycles. The van der Waals surface area contributed by atoms with Gasteiger partial charge in [-0.3, -0.25) is 19.2 Å². The minimum Gasteiger partial charge on any atom is -0.461 e. The molecule has 7 aliphatic heterocycles. The molecule has 8 bridgehead atoms. The van der Waals surface area contributed by atoms with Crippen LogP contribution in [0.4, 0.5) is 0 Å². The summed E-state index contributed by atoms with van der Waals surface area (Å²) in [7, 11) is 0. The lowest BCUT2D eigenvalue weighted by atomic mass is 10.0. The van der Waals surface area contributed by atoms with Crippen molar-refractivity contribution in [3.8, 4) is 0 Å². The monoisotopic (exact) mass is 648 g/mol. The third-order valence-corrected chi connectivity index (χ3v) is 8.16. The summed E-state index contributed by atoms with van der Waals surface area (Å²) in [5, 5.41) is 0. The highest BCUT2D eigenvalue weighted by molar-refractivity contribution is 5.71. The molecule has 0 unspecified atom stereocenters. The van der Waals surface area contributed by atoms with Gasteiger partial charge in [0.25, 0.3) is 0 Å². The third-order valence-electron chi connectivity index (χ3n) is 8.16. The van der Waals surface area contributed by atoms with Gasteiger partial charge in [0.05, 0.1) is 0 Å². The maximum Gasteiger partial charge on any atom is 0.306 e. The fourth-order valence-electron chi connectivity index (χ4n) is 5.14. The highest BCUT2D eigenvalue weighted by Gasteiger charge is 2.10. The Bertz CT molecular complexity index is 1290. The number of benzene rings is 4. The van der Waals surface area contributed by atoms with E-state index >= 15 is 0 Å². The smallest absolute Gasteiger partial charge is 0.306 e. The first-order valence-corrected chi connectivity index (χ1v) is 16.3. The van der Waals surface area contributed by atoms with Crippen molar-refractivity contribution in [3.05, 3.63) is 142 Å². The summed E-state index contributed by atoms with van der Waals surface area (Å²) in [6.07, 6.45) is 3.25. The maximum absolute atomic E-state index is 12.3. The van der Waals surface area contributed by atoms with Gasteiger partial charge in [0.15, 0.2) is 0 Å². The second kappa shape index (κ2) is 17.6. The van der Waals surface area contributed by atoms with Gasteiger partial charge in [-0.1, -0.05) is 97.1 Å². The average Bonchev–Trinajstić information content (AvgIpc) is 3.12. The second-order valence-electron chi connectivity index (χ2n) is 11.9. The Hall–Kier alpha value is -5.24. The van der Waals surface area contributed by atoms with Crippen molar-refractivity contribution in [2.24, 2.45) is 0 Å². The molecule has 0 saturated heterocycles. The molecular formula is C40H40O8. The van der Waals surface area contributed by atoms with Crippen molar-refractivity contribution < 1.29 is 38.1 Å². The van der Waals surface area contributed by atoms with Crippen LogP contribution in [0.5, 0.6) is 0 Å². The van der Waals surface area contributed by atoms with Crippen molar-refractivity contribution in [2.45, 2.75) is 77.8 Å². The van der Waals surface area contributed by atoms with Crippen LogP contribution in [0, 0.1) is 0 Å². The van der Waals surface area contributed by atoms with Crippen molar-refractivity contribution >= 4 is 23.9 Å². The molecule has 8 nitrogen and oxygen atoms in total. The summed E-state index contributed by atoms with van der Waals surface area (Å²) in [5.41, 5.74) is 7.44. The Morgan fingerprint density at radius 1 is 0.250 bits per heavy atom. The molecule has 4 aromatic carbocycles. The molecule has 4 aromatic rings. The van der Waals surface area contributed by atoms with E-state index in [9.17, 15) is 19.2 Å². The average molecular weight is 649 g/mol. The van der Waals surface area contributed by atoms with Crippen molar-refractivity contribution in [3.63, 3.8) is 0 Å². The maximum atomic E-state index is 12.3. The molecule has 0 amide bonds. The summed E-state index contributed by atoms with van der Waals surface area (Å²) < 4.78 is 21.8. The largest absolute Gasteiger partial charge is 0.461 e. The highest BCUT2D eigenvalue weighted by atomic mass is 16.5. The van der Waals surface area contributed by atoms with Crippen LogP contribution >= 0.6 is 0 Å².